The number of hydrogen-bond donors (Lipinski definition) is 2. The number of aromatic nitrogens is 1. The molecule has 11 heteroatoms. The summed E-state index contributed by atoms with van der Waals surface area (Å²) in [5.74, 6) is 0.367. The van der Waals surface area contributed by atoms with Gasteiger partial charge in [0, 0.05) is 65.6 Å². The molecule has 3 amide bonds. The summed E-state index contributed by atoms with van der Waals surface area (Å²) in [5, 5.41) is 6.66. The number of hydrogen-bond acceptors (Lipinski definition) is 8. The Morgan fingerprint density at radius 3 is 2.51 bits per heavy atom. The van der Waals surface area contributed by atoms with Crippen molar-refractivity contribution >= 4 is 51.4 Å². The van der Waals surface area contributed by atoms with Crippen LogP contribution in [0.15, 0.2) is 66.7 Å². The Kier molecular flexibility index (Phi) is 8.33. The fourth-order valence-corrected chi connectivity index (χ4v) is 8.31. The van der Waals surface area contributed by atoms with Gasteiger partial charge in [-0.2, -0.15) is 0 Å². The second kappa shape index (κ2) is 12.9. The van der Waals surface area contributed by atoms with Crippen molar-refractivity contribution in [3.63, 3.8) is 0 Å². The Labute approximate surface area is 289 Å². The number of nitrogens with one attached hydrogen (secondary N) is 2. The molecule has 2 aromatic heterocycles. The van der Waals surface area contributed by atoms with Crippen molar-refractivity contribution in [2.24, 2.45) is 5.41 Å². The molecule has 252 valence electrons. The van der Waals surface area contributed by atoms with Gasteiger partial charge >= 0.3 is 6.09 Å². The summed E-state index contributed by atoms with van der Waals surface area (Å²) >= 11 is 1.50. The standard InChI is InChI=1S/C38H39N5O5S/c1-24-9-14-30(34(39-24)42-22-38(23-42)16-19-47-20-17-38)35(44)40-27-12-10-25(11-13-27)36(45)43-18-15-26-21-32(41-37(46)48-28-5-4-6-28)49-33(26)29-7-2-3-8-31(29)43/h2-3,7-14,21,28H,4-6,15-20,22-23H2,1H3,(H,40,44)(H,41,46). The van der Waals surface area contributed by atoms with Crippen LogP contribution in [0.1, 0.15) is 64.1 Å². The normalized spacial score (nSPS) is 18.0. The molecule has 49 heavy (non-hydrogen) atoms. The highest BCUT2D eigenvalue weighted by atomic mass is 32.1. The van der Waals surface area contributed by atoms with Crippen molar-refractivity contribution in [1.82, 2.24) is 4.98 Å². The Morgan fingerprint density at radius 2 is 1.76 bits per heavy atom. The van der Waals surface area contributed by atoms with Crippen LogP contribution in [0.2, 0.25) is 0 Å². The SMILES string of the molecule is Cc1ccc(C(=O)Nc2ccc(C(=O)N3CCc4cc(NC(=O)OC5CCC5)sc4-c4ccccc43)cc2)c(N2CC3(CCOCC3)C2)n1. The van der Waals surface area contributed by atoms with Gasteiger partial charge in [-0.05, 0) is 99.5 Å². The molecule has 0 bridgehead atoms. The van der Waals surface area contributed by atoms with Crippen molar-refractivity contribution in [2.75, 3.05) is 53.3 Å². The molecule has 3 aliphatic heterocycles. The van der Waals surface area contributed by atoms with Crippen LogP contribution in [0, 0.1) is 12.3 Å². The predicted octanol–water partition coefficient (Wildman–Crippen LogP) is 7.29. The summed E-state index contributed by atoms with van der Waals surface area (Å²) in [6.07, 6.45) is 5.26. The fraction of sp³-hybridized carbons (Fsp3) is 0.368. The first-order valence-corrected chi connectivity index (χ1v) is 17.9. The number of carbonyl (C=O) groups excluding carboxylic acids is 3. The molecule has 1 aliphatic carbocycles. The molecule has 2 N–H and O–H groups in total. The molecule has 3 fully saturated rings. The lowest BCUT2D eigenvalue weighted by atomic mass is 9.73. The second-order valence-corrected chi connectivity index (χ2v) is 14.6. The van der Waals surface area contributed by atoms with Gasteiger partial charge in [0.25, 0.3) is 11.8 Å². The summed E-state index contributed by atoms with van der Waals surface area (Å²) in [7, 11) is 0. The fourth-order valence-electron chi connectivity index (χ4n) is 7.18. The minimum absolute atomic E-state index is 0.0161. The molecule has 8 rings (SSSR count). The van der Waals surface area contributed by atoms with Crippen molar-refractivity contribution in [3.05, 3.63) is 89.1 Å². The molecule has 1 spiro atoms. The zero-order chi connectivity index (χ0) is 33.5. The number of benzene rings is 2. The highest BCUT2D eigenvalue weighted by molar-refractivity contribution is 7.19. The molecule has 0 unspecified atom stereocenters. The molecule has 1 saturated carbocycles. The largest absolute Gasteiger partial charge is 0.446 e. The number of ether oxygens (including phenoxy) is 2. The lowest BCUT2D eigenvalue weighted by Gasteiger charge is -2.53. The summed E-state index contributed by atoms with van der Waals surface area (Å²) in [4.78, 5) is 49.7. The number of para-hydroxylation sites is 1. The molecule has 5 heterocycles. The van der Waals surface area contributed by atoms with E-state index in [0.717, 1.165) is 90.8 Å². The van der Waals surface area contributed by atoms with E-state index in [2.05, 4.69) is 15.5 Å². The van der Waals surface area contributed by atoms with E-state index < -0.39 is 6.09 Å². The van der Waals surface area contributed by atoms with Crippen LogP contribution in [0.25, 0.3) is 10.4 Å². The van der Waals surface area contributed by atoms with E-state index in [1.807, 2.05) is 54.3 Å². The Hall–Kier alpha value is -4.74. The van der Waals surface area contributed by atoms with Gasteiger partial charge in [-0.1, -0.05) is 18.2 Å². The molecule has 2 aromatic carbocycles. The minimum Gasteiger partial charge on any atom is -0.446 e. The van der Waals surface area contributed by atoms with Crippen molar-refractivity contribution in [2.45, 2.75) is 51.6 Å². The molecular weight excluding hydrogens is 639 g/mol. The van der Waals surface area contributed by atoms with Gasteiger partial charge in [0.2, 0.25) is 0 Å². The third kappa shape index (κ3) is 6.28. The summed E-state index contributed by atoms with van der Waals surface area (Å²) in [5.41, 5.74) is 5.64. The quantitative estimate of drug-likeness (QED) is 0.220. The molecule has 0 atom stereocenters. The second-order valence-electron chi connectivity index (χ2n) is 13.6. The number of thiophene rings is 1. The molecule has 4 aliphatic rings. The maximum atomic E-state index is 14.0. The van der Waals surface area contributed by atoms with E-state index in [0.29, 0.717) is 35.6 Å². The topological polar surface area (TPSA) is 113 Å². The van der Waals surface area contributed by atoms with Crippen molar-refractivity contribution < 1.29 is 23.9 Å². The van der Waals surface area contributed by atoms with Gasteiger partial charge in [-0.15, -0.1) is 11.3 Å². The van der Waals surface area contributed by atoms with Crippen LogP contribution in [0.4, 0.5) is 27.0 Å². The van der Waals surface area contributed by atoms with Crippen LogP contribution in [0.5, 0.6) is 0 Å². The first-order valence-electron chi connectivity index (χ1n) is 17.1. The molecule has 10 nitrogen and oxygen atoms in total. The van der Waals surface area contributed by atoms with Crippen LogP contribution >= 0.6 is 11.3 Å². The summed E-state index contributed by atoms with van der Waals surface area (Å²) in [6.45, 7) is 5.76. The lowest BCUT2D eigenvalue weighted by molar-refractivity contribution is -0.000519. The van der Waals surface area contributed by atoms with E-state index in [9.17, 15) is 14.4 Å². The smallest absolute Gasteiger partial charge is 0.412 e. The molecule has 4 aromatic rings. The predicted molar refractivity (Wildman–Crippen MR) is 191 cm³/mol. The zero-order valence-electron chi connectivity index (χ0n) is 27.5. The van der Waals surface area contributed by atoms with Gasteiger partial charge in [-0.3, -0.25) is 14.9 Å². The average Bonchev–Trinajstić information content (AvgIpc) is 3.41. The first-order chi connectivity index (χ1) is 23.8. The van der Waals surface area contributed by atoms with E-state index in [4.69, 9.17) is 14.5 Å². The maximum absolute atomic E-state index is 14.0. The van der Waals surface area contributed by atoms with Crippen LogP contribution in [0.3, 0.4) is 0 Å². The third-order valence-electron chi connectivity index (χ3n) is 10.2. The summed E-state index contributed by atoms with van der Waals surface area (Å²) in [6, 6.07) is 20.6. The van der Waals surface area contributed by atoms with Crippen LogP contribution < -0.4 is 20.4 Å². The number of nitrogens with zero attached hydrogens (tertiary/aromatic N) is 3. The number of fused-ring (bicyclic) bond motifs is 3. The molecule has 2 saturated heterocycles. The van der Waals surface area contributed by atoms with Crippen LogP contribution in [-0.4, -0.2) is 61.8 Å². The number of aryl methyl sites for hydroxylation is 1. The van der Waals surface area contributed by atoms with Gasteiger partial charge in [0.05, 0.1) is 16.3 Å². The number of pyridine rings is 1. The van der Waals surface area contributed by atoms with Crippen molar-refractivity contribution in [1.29, 1.82) is 0 Å². The van der Waals surface area contributed by atoms with Gasteiger partial charge in [0.1, 0.15) is 11.9 Å². The molecular formula is C38H39N5O5S. The van der Waals surface area contributed by atoms with E-state index in [1.165, 1.54) is 11.3 Å². The van der Waals surface area contributed by atoms with E-state index in [-0.39, 0.29) is 23.3 Å². The number of rotatable bonds is 6. The minimum atomic E-state index is -0.415. The van der Waals surface area contributed by atoms with Gasteiger partial charge < -0.3 is 24.6 Å². The average molecular weight is 678 g/mol. The van der Waals surface area contributed by atoms with Crippen LogP contribution in [-0.2, 0) is 15.9 Å². The molecule has 0 radical (unpaired) electrons. The Balaban J connectivity index is 0.955. The lowest BCUT2D eigenvalue weighted by Crippen LogP contribution is -2.59. The Bertz CT molecular complexity index is 1910. The summed E-state index contributed by atoms with van der Waals surface area (Å²) < 4.78 is 11.1. The number of anilines is 4. The van der Waals surface area contributed by atoms with E-state index >= 15 is 0 Å². The third-order valence-corrected chi connectivity index (χ3v) is 11.3. The highest BCUT2D eigenvalue weighted by Gasteiger charge is 2.45. The first kappa shape index (κ1) is 31.5. The highest BCUT2D eigenvalue weighted by Crippen LogP contribution is 2.44. The van der Waals surface area contributed by atoms with Gasteiger partial charge in [0.15, 0.2) is 0 Å². The Morgan fingerprint density at radius 1 is 0.980 bits per heavy atom. The number of carbonyl (C=O) groups is 3. The van der Waals surface area contributed by atoms with Crippen molar-refractivity contribution in [3.8, 4) is 10.4 Å². The van der Waals surface area contributed by atoms with E-state index in [1.54, 1.807) is 24.3 Å². The van der Waals surface area contributed by atoms with Gasteiger partial charge in [-0.25, -0.2) is 9.78 Å². The zero-order valence-corrected chi connectivity index (χ0v) is 28.3. The maximum Gasteiger partial charge on any atom is 0.412 e. The monoisotopic (exact) mass is 677 g/mol. The number of amides is 3.